The Kier molecular flexibility index (Phi) is 4.13. The van der Waals surface area contributed by atoms with Crippen molar-refractivity contribution >= 4 is 34.2 Å². The number of aryl methyl sites for hydroxylation is 1. The number of nitrogens with zero attached hydrogens (tertiary/aromatic N) is 3. The van der Waals surface area contributed by atoms with E-state index in [0.717, 1.165) is 10.6 Å². The molecular formula is C16H12ClFN4O3. The molecule has 9 heteroatoms. The van der Waals surface area contributed by atoms with Crippen molar-refractivity contribution < 1.29 is 9.18 Å². The van der Waals surface area contributed by atoms with Gasteiger partial charge in [-0.05, 0) is 18.2 Å². The Morgan fingerprint density at radius 2 is 1.96 bits per heavy atom. The van der Waals surface area contributed by atoms with Crippen LogP contribution in [0.1, 0.15) is 10.4 Å². The third-order valence-corrected chi connectivity index (χ3v) is 4.06. The predicted molar refractivity (Wildman–Crippen MR) is 91.6 cm³/mol. The molecule has 0 fully saturated rings. The van der Waals surface area contributed by atoms with E-state index in [4.69, 9.17) is 11.6 Å². The minimum absolute atomic E-state index is 0.0374. The SMILES string of the molecule is Cn1c(=O)c2cc(NC(=O)c3c(F)cccc3Cl)cnc2n(C)c1=O. The van der Waals surface area contributed by atoms with Gasteiger partial charge in [0, 0.05) is 14.1 Å². The molecule has 0 aliphatic heterocycles. The van der Waals surface area contributed by atoms with Crippen LogP contribution in [0, 0.1) is 5.82 Å². The topological polar surface area (TPSA) is 86.0 Å². The molecule has 1 amide bonds. The second-order valence-electron chi connectivity index (χ2n) is 5.35. The fourth-order valence-corrected chi connectivity index (χ4v) is 2.69. The first-order chi connectivity index (χ1) is 11.8. The monoisotopic (exact) mass is 362 g/mol. The Hall–Kier alpha value is -3.00. The second-order valence-corrected chi connectivity index (χ2v) is 5.76. The van der Waals surface area contributed by atoms with Crippen LogP contribution in [0.3, 0.4) is 0 Å². The molecule has 0 saturated heterocycles. The lowest BCUT2D eigenvalue weighted by atomic mass is 10.2. The number of hydrogen-bond acceptors (Lipinski definition) is 4. The standard InChI is InChI=1S/C16H12ClFN4O3/c1-21-13-9(15(24)22(2)16(21)25)6-8(7-19-13)20-14(23)12-10(17)4-3-5-11(12)18/h3-7H,1-2H3,(H,20,23). The highest BCUT2D eigenvalue weighted by Crippen LogP contribution is 2.21. The van der Waals surface area contributed by atoms with Crippen LogP contribution in [0.5, 0.6) is 0 Å². The molecule has 0 unspecified atom stereocenters. The van der Waals surface area contributed by atoms with Crippen LogP contribution in [0.25, 0.3) is 11.0 Å². The number of anilines is 1. The number of rotatable bonds is 2. The number of fused-ring (bicyclic) bond motifs is 1. The summed E-state index contributed by atoms with van der Waals surface area (Å²) in [5, 5.41) is 2.55. The molecule has 2 aromatic heterocycles. The lowest BCUT2D eigenvalue weighted by Gasteiger charge is -2.10. The zero-order valence-corrected chi connectivity index (χ0v) is 14.0. The molecule has 0 aliphatic carbocycles. The summed E-state index contributed by atoms with van der Waals surface area (Å²) in [6, 6.07) is 5.27. The number of halogens is 2. The van der Waals surface area contributed by atoms with Crippen molar-refractivity contribution in [3.63, 3.8) is 0 Å². The van der Waals surface area contributed by atoms with Gasteiger partial charge in [-0.15, -0.1) is 0 Å². The summed E-state index contributed by atoms with van der Waals surface area (Å²) in [4.78, 5) is 40.4. The quantitative estimate of drug-likeness (QED) is 0.751. The molecule has 0 atom stereocenters. The number of hydrogen-bond donors (Lipinski definition) is 1. The smallest absolute Gasteiger partial charge is 0.320 e. The third kappa shape index (κ3) is 2.80. The molecule has 1 aromatic carbocycles. The van der Waals surface area contributed by atoms with Gasteiger partial charge in [-0.2, -0.15) is 0 Å². The van der Waals surface area contributed by atoms with Gasteiger partial charge in [-0.1, -0.05) is 17.7 Å². The van der Waals surface area contributed by atoms with Gasteiger partial charge in [0.25, 0.3) is 11.5 Å². The van der Waals surface area contributed by atoms with E-state index < -0.39 is 23.0 Å². The average molecular weight is 363 g/mol. The summed E-state index contributed by atoms with van der Waals surface area (Å²) in [7, 11) is 2.82. The lowest BCUT2D eigenvalue weighted by molar-refractivity contribution is 0.102. The maximum absolute atomic E-state index is 13.8. The predicted octanol–water partition coefficient (Wildman–Crippen LogP) is 1.68. The van der Waals surface area contributed by atoms with Crippen LogP contribution in [-0.2, 0) is 14.1 Å². The second kappa shape index (κ2) is 6.14. The number of carbonyl (C=O) groups is 1. The molecule has 1 N–H and O–H groups in total. The number of amides is 1. The first-order valence-electron chi connectivity index (χ1n) is 7.12. The van der Waals surface area contributed by atoms with Crippen LogP contribution in [0.2, 0.25) is 5.02 Å². The molecule has 0 bridgehead atoms. The highest BCUT2D eigenvalue weighted by Gasteiger charge is 2.17. The number of benzene rings is 1. The molecule has 128 valence electrons. The van der Waals surface area contributed by atoms with Crippen molar-refractivity contribution in [3.05, 3.63) is 67.7 Å². The van der Waals surface area contributed by atoms with E-state index in [0.29, 0.717) is 0 Å². The summed E-state index contributed by atoms with van der Waals surface area (Å²) in [5.74, 6) is -1.54. The summed E-state index contributed by atoms with van der Waals surface area (Å²) in [6.07, 6.45) is 1.27. The van der Waals surface area contributed by atoms with E-state index in [2.05, 4.69) is 10.3 Å². The van der Waals surface area contributed by atoms with E-state index in [1.54, 1.807) is 0 Å². The van der Waals surface area contributed by atoms with Crippen molar-refractivity contribution in [1.82, 2.24) is 14.1 Å². The molecule has 3 rings (SSSR count). The Morgan fingerprint density at radius 1 is 1.24 bits per heavy atom. The summed E-state index contributed by atoms with van der Waals surface area (Å²) in [6.45, 7) is 0. The molecule has 2 heterocycles. The molecule has 0 aliphatic rings. The fourth-order valence-electron chi connectivity index (χ4n) is 2.44. The van der Waals surface area contributed by atoms with Crippen molar-refractivity contribution in [1.29, 1.82) is 0 Å². The fraction of sp³-hybridized carbons (Fsp3) is 0.125. The number of carbonyl (C=O) groups excluding carboxylic acids is 1. The number of pyridine rings is 1. The average Bonchev–Trinajstić information content (AvgIpc) is 2.58. The number of nitrogens with one attached hydrogen (secondary N) is 1. The highest BCUT2D eigenvalue weighted by atomic mass is 35.5. The molecular weight excluding hydrogens is 351 g/mol. The van der Waals surface area contributed by atoms with Crippen LogP contribution in [-0.4, -0.2) is 20.0 Å². The van der Waals surface area contributed by atoms with Crippen molar-refractivity contribution in [2.75, 3.05) is 5.32 Å². The normalized spacial score (nSPS) is 10.9. The van der Waals surface area contributed by atoms with E-state index in [9.17, 15) is 18.8 Å². The summed E-state index contributed by atoms with van der Waals surface area (Å²) >= 11 is 5.86. The lowest BCUT2D eigenvalue weighted by Crippen LogP contribution is -2.37. The van der Waals surface area contributed by atoms with Gasteiger partial charge in [-0.3, -0.25) is 18.7 Å². The maximum atomic E-state index is 13.8. The Morgan fingerprint density at radius 3 is 2.64 bits per heavy atom. The highest BCUT2D eigenvalue weighted by molar-refractivity contribution is 6.34. The van der Waals surface area contributed by atoms with Crippen LogP contribution in [0.4, 0.5) is 10.1 Å². The van der Waals surface area contributed by atoms with Gasteiger partial charge < -0.3 is 5.32 Å². The van der Waals surface area contributed by atoms with Crippen LogP contribution < -0.4 is 16.6 Å². The maximum Gasteiger partial charge on any atom is 0.332 e. The van der Waals surface area contributed by atoms with Crippen LogP contribution >= 0.6 is 11.6 Å². The first kappa shape index (κ1) is 16.8. The van der Waals surface area contributed by atoms with Gasteiger partial charge in [-0.25, -0.2) is 14.2 Å². The molecule has 3 aromatic rings. The largest absolute Gasteiger partial charge is 0.332 e. The molecule has 0 saturated carbocycles. The van der Waals surface area contributed by atoms with E-state index in [-0.39, 0.29) is 27.3 Å². The zero-order valence-electron chi connectivity index (χ0n) is 13.2. The molecule has 0 spiro atoms. The van der Waals surface area contributed by atoms with E-state index >= 15 is 0 Å². The van der Waals surface area contributed by atoms with Crippen LogP contribution in [0.15, 0.2) is 40.1 Å². The Bertz CT molecular complexity index is 1120. The number of aromatic nitrogens is 3. The molecule has 25 heavy (non-hydrogen) atoms. The van der Waals surface area contributed by atoms with Crippen molar-refractivity contribution in [3.8, 4) is 0 Å². The Labute approximate surface area is 145 Å². The minimum atomic E-state index is -0.772. The van der Waals surface area contributed by atoms with Gasteiger partial charge in [0.15, 0.2) is 0 Å². The molecule has 7 nitrogen and oxygen atoms in total. The summed E-state index contributed by atoms with van der Waals surface area (Å²) < 4.78 is 16.0. The van der Waals surface area contributed by atoms with Gasteiger partial charge in [0.1, 0.15) is 11.5 Å². The molecule has 0 radical (unpaired) electrons. The zero-order chi connectivity index (χ0) is 18.3. The van der Waals surface area contributed by atoms with E-state index in [1.165, 1.54) is 43.1 Å². The van der Waals surface area contributed by atoms with Gasteiger partial charge in [0.05, 0.1) is 27.9 Å². The van der Waals surface area contributed by atoms with Crippen molar-refractivity contribution in [2.45, 2.75) is 0 Å². The van der Waals surface area contributed by atoms with Crippen molar-refractivity contribution in [2.24, 2.45) is 14.1 Å². The minimum Gasteiger partial charge on any atom is -0.320 e. The Balaban J connectivity index is 2.08. The summed E-state index contributed by atoms with van der Waals surface area (Å²) in [5.41, 5.74) is -1.02. The third-order valence-electron chi connectivity index (χ3n) is 3.74. The van der Waals surface area contributed by atoms with Gasteiger partial charge in [0.2, 0.25) is 0 Å². The van der Waals surface area contributed by atoms with E-state index in [1.807, 2.05) is 0 Å². The first-order valence-corrected chi connectivity index (χ1v) is 7.50. The van der Waals surface area contributed by atoms with Gasteiger partial charge >= 0.3 is 5.69 Å².